The van der Waals surface area contributed by atoms with E-state index in [0.29, 0.717) is 30.2 Å². The van der Waals surface area contributed by atoms with Gasteiger partial charge < -0.3 is 9.72 Å². The molecule has 4 heteroatoms. The van der Waals surface area contributed by atoms with Crippen LogP contribution in [0.1, 0.15) is 77.6 Å². The van der Waals surface area contributed by atoms with Gasteiger partial charge in [-0.3, -0.25) is 4.79 Å². The van der Waals surface area contributed by atoms with Gasteiger partial charge in [0.2, 0.25) is 0 Å². The Balaban J connectivity index is 2.07. The minimum Gasteiger partial charge on any atom is -0.461 e. The number of esters is 1. The Hall–Kier alpha value is -1.58. The first kappa shape index (κ1) is 15.8. The van der Waals surface area contributed by atoms with E-state index in [4.69, 9.17) is 4.74 Å². The second-order valence-electron chi connectivity index (χ2n) is 5.96. The zero-order valence-corrected chi connectivity index (χ0v) is 13.3. The molecule has 0 atom stereocenters. The van der Waals surface area contributed by atoms with E-state index < -0.39 is 0 Å². The van der Waals surface area contributed by atoms with Crippen molar-refractivity contribution in [3.05, 3.63) is 22.5 Å². The number of ether oxygens (including phenoxy) is 1. The fourth-order valence-corrected chi connectivity index (χ4v) is 3.33. The largest absolute Gasteiger partial charge is 0.461 e. The number of aromatic amines is 1. The molecule has 1 aliphatic rings. The summed E-state index contributed by atoms with van der Waals surface area (Å²) in [6.45, 7) is 5.77. The van der Waals surface area contributed by atoms with Crippen LogP contribution in [-0.2, 0) is 4.74 Å². The maximum atomic E-state index is 12.5. The zero-order chi connectivity index (χ0) is 15.4. The lowest BCUT2D eigenvalue weighted by Crippen LogP contribution is -2.08. The number of aromatic nitrogens is 1. The van der Waals surface area contributed by atoms with Crippen molar-refractivity contribution in [3.8, 4) is 0 Å². The lowest BCUT2D eigenvalue weighted by molar-refractivity contribution is 0.0519. The number of aryl methyl sites for hydroxylation is 1. The van der Waals surface area contributed by atoms with E-state index in [2.05, 4.69) is 4.98 Å². The minimum atomic E-state index is -0.382. The Kier molecular flexibility index (Phi) is 5.21. The third-order valence-corrected chi connectivity index (χ3v) is 4.45. The molecule has 0 saturated heterocycles. The summed E-state index contributed by atoms with van der Waals surface area (Å²) in [7, 11) is 0. The summed E-state index contributed by atoms with van der Waals surface area (Å²) >= 11 is 0. The smallest absolute Gasteiger partial charge is 0.355 e. The van der Waals surface area contributed by atoms with Crippen LogP contribution in [-0.4, -0.2) is 23.3 Å². The first-order valence-electron chi connectivity index (χ1n) is 7.94. The molecular weight excluding hydrogens is 266 g/mol. The fraction of sp³-hybridized carbons (Fsp3) is 0.647. The molecular formula is C17H25NO3. The highest BCUT2D eigenvalue weighted by molar-refractivity contribution is 6.02. The molecule has 0 spiro atoms. The van der Waals surface area contributed by atoms with E-state index in [1.54, 1.807) is 6.92 Å². The number of nitrogens with one attached hydrogen (secondary N) is 1. The zero-order valence-electron chi connectivity index (χ0n) is 13.3. The molecule has 0 radical (unpaired) electrons. The SMILES string of the molecule is CCOC(=O)c1[nH]c(C)c(C(=O)CCC2CCCC2)c1C. The summed E-state index contributed by atoms with van der Waals surface area (Å²) in [6.07, 6.45) is 6.66. The van der Waals surface area contributed by atoms with E-state index >= 15 is 0 Å². The van der Waals surface area contributed by atoms with Crippen molar-refractivity contribution >= 4 is 11.8 Å². The van der Waals surface area contributed by atoms with Crippen molar-refractivity contribution in [2.75, 3.05) is 6.61 Å². The summed E-state index contributed by atoms with van der Waals surface area (Å²) in [6, 6.07) is 0. The standard InChI is InChI=1S/C17H25NO3/c1-4-21-17(20)16-11(2)15(12(3)18-16)14(19)10-9-13-7-5-6-8-13/h13,18H,4-10H2,1-3H3. The van der Waals surface area contributed by atoms with Gasteiger partial charge in [0, 0.05) is 17.7 Å². The third-order valence-electron chi connectivity index (χ3n) is 4.45. The van der Waals surface area contributed by atoms with Gasteiger partial charge in [-0.25, -0.2) is 4.79 Å². The first-order chi connectivity index (χ1) is 10.0. The van der Waals surface area contributed by atoms with Crippen molar-refractivity contribution in [1.29, 1.82) is 0 Å². The van der Waals surface area contributed by atoms with E-state index in [0.717, 1.165) is 17.7 Å². The summed E-state index contributed by atoms with van der Waals surface area (Å²) in [5.41, 5.74) is 2.59. The van der Waals surface area contributed by atoms with Crippen LogP contribution in [0, 0.1) is 19.8 Å². The number of carbonyl (C=O) groups is 2. The van der Waals surface area contributed by atoms with Gasteiger partial charge in [-0.05, 0) is 38.7 Å². The van der Waals surface area contributed by atoms with Crippen LogP contribution in [0.15, 0.2) is 0 Å². The quantitative estimate of drug-likeness (QED) is 0.637. The number of hydrogen-bond acceptors (Lipinski definition) is 3. The molecule has 1 aliphatic carbocycles. The lowest BCUT2D eigenvalue weighted by atomic mass is 9.96. The summed E-state index contributed by atoms with van der Waals surface area (Å²) < 4.78 is 5.02. The van der Waals surface area contributed by atoms with Crippen molar-refractivity contribution in [2.24, 2.45) is 5.92 Å². The molecule has 1 N–H and O–H groups in total. The molecule has 1 aromatic heterocycles. The predicted octanol–water partition coefficient (Wildman–Crippen LogP) is 3.96. The van der Waals surface area contributed by atoms with E-state index in [9.17, 15) is 9.59 Å². The maximum Gasteiger partial charge on any atom is 0.355 e. The summed E-state index contributed by atoms with van der Waals surface area (Å²) in [5.74, 6) is 0.467. The maximum absolute atomic E-state index is 12.5. The molecule has 0 aromatic carbocycles. The fourth-order valence-electron chi connectivity index (χ4n) is 3.33. The molecule has 1 saturated carbocycles. The van der Waals surface area contributed by atoms with Gasteiger partial charge in [-0.15, -0.1) is 0 Å². The average Bonchev–Trinajstić information content (AvgIpc) is 3.05. The average molecular weight is 291 g/mol. The molecule has 4 nitrogen and oxygen atoms in total. The lowest BCUT2D eigenvalue weighted by Gasteiger charge is -2.08. The second-order valence-corrected chi connectivity index (χ2v) is 5.96. The van der Waals surface area contributed by atoms with Gasteiger partial charge in [0.15, 0.2) is 5.78 Å². The van der Waals surface area contributed by atoms with Crippen molar-refractivity contribution < 1.29 is 14.3 Å². The van der Waals surface area contributed by atoms with Gasteiger partial charge in [0.25, 0.3) is 0 Å². The van der Waals surface area contributed by atoms with Crippen LogP contribution in [0.2, 0.25) is 0 Å². The van der Waals surface area contributed by atoms with E-state index in [1.807, 2.05) is 13.8 Å². The molecule has 0 amide bonds. The minimum absolute atomic E-state index is 0.142. The number of Topliss-reactive ketones (excluding diaryl/α,β-unsaturated/α-hetero) is 1. The molecule has 21 heavy (non-hydrogen) atoms. The Morgan fingerprint density at radius 1 is 1.24 bits per heavy atom. The molecule has 0 aliphatic heterocycles. The highest BCUT2D eigenvalue weighted by atomic mass is 16.5. The first-order valence-corrected chi connectivity index (χ1v) is 7.94. The number of H-pyrrole nitrogens is 1. The highest BCUT2D eigenvalue weighted by Gasteiger charge is 2.23. The Morgan fingerprint density at radius 2 is 1.90 bits per heavy atom. The van der Waals surface area contributed by atoms with Crippen LogP contribution in [0.4, 0.5) is 0 Å². The van der Waals surface area contributed by atoms with Crippen LogP contribution in [0.5, 0.6) is 0 Å². The van der Waals surface area contributed by atoms with E-state index in [-0.39, 0.29) is 11.8 Å². The second kappa shape index (κ2) is 6.92. The Bertz CT molecular complexity index is 524. The Morgan fingerprint density at radius 3 is 2.52 bits per heavy atom. The normalized spacial score (nSPS) is 15.4. The van der Waals surface area contributed by atoms with Crippen molar-refractivity contribution in [3.63, 3.8) is 0 Å². The number of rotatable bonds is 6. The van der Waals surface area contributed by atoms with Crippen molar-refractivity contribution in [2.45, 2.75) is 59.3 Å². The molecule has 0 bridgehead atoms. The van der Waals surface area contributed by atoms with Crippen molar-refractivity contribution in [1.82, 2.24) is 4.98 Å². The molecule has 116 valence electrons. The van der Waals surface area contributed by atoms with Gasteiger partial charge in [-0.1, -0.05) is 25.7 Å². The van der Waals surface area contributed by atoms with Gasteiger partial charge in [0.1, 0.15) is 5.69 Å². The third kappa shape index (κ3) is 3.55. The number of ketones is 1. The highest BCUT2D eigenvalue weighted by Crippen LogP contribution is 2.30. The predicted molar refractivity (Wildman–Crippen MR) is 81.7 cm³/mol. The molecule has 0 unspecified atom stereocenters. The molecule has 1 aromatic rings. The molecule has 1 heterocycles. The van der Waals surface area contributed by atoms with Crippen LogP contribution < -0.4 is 0 Å². The van der Waals surface area contributed by atoms with Crippen LogP contribution in [0.3, 0.4) is 0 Å². The van der Waals surface area contributed by atoms with Gasteiger partial charge in [0.05, 0.1) is 6.61 Å². The topological polar surface area (TPSA) is 59.2 Å². The van der Waals surface area contributed by atoms with Gasteiger partial charge in [-0.2, -0.15) is 0 Å². The molecule has 1 fully saturated rings. The number of carbonyl (C=O) groups excluding carboxylic acids is 2. The van der Waals surface area contributed by atoms with Crippen LogP contribution in [0.25, 0.3) is 0 Å². The Labute approximate surface area is 126 Å². The van der Waals surface area contributed by atoms with E-state index in [1.165, 1.54) is 25.7 Å². The number of hydrogen-bond donors (Lipinski definition) is 1. The summed E-state index contributed by atoms with van der Waals surface area (Å²) in [4.78, 5) is 27.3. The monoisotopic (exact) mass is 291 g/mol. The molecule has 2 rings (SSSR count). The van der Waals surface area contributed by atoms with Gasteiger partial charge >= 0.3 is 5.97 Å². The summed E-state index contributed by atoms with van der Waals surface area (Å²) in [5, 5.41) is 0. The van der Waals surface area contributed by atoms with Crippen LogP contribution >= 0.6 is 0 Å².